The third-order valence-electron chi connectivity index (χ3n) is 3.95. The van der Waals surface area contributed by atoms with Crippen LogP contribution in [0.4, 0.5) is 0 Å². The van der Waals surface area contributed by atoms with Crippen molar-refractivity contribution in [3.05, 3.63) is 58.8 Å². The molecule has 0 saturated heterocycles. The van der Waals surface area contributed by atoms with Crippen LogP contribution in [0.1, 0.15) is 19.2 Å². The topological polar surface area (TPSA) is 64.0 Å². The highest BCUT2D eigenvalue weighted by Crippen LogP contribution is 2.17. The third-order valence-corrected chi connectivity index (χ3v) is 5.95. The number of benzene rings is 2. The fourth-order valence-electron chi connectivity index (χ4n) is 2.78. The summed E-state index contributed by atoms with van der Waals surface area (Å²) in [6, 6.07) is 14.6. The maximum Gasteiger partial charge on any atom is 0.240 e. The lowest BCUT2D eigenvalue weighted by molar-refractivity contribution is 0.578. The number of hydrogen-bond donors (Lipinski definition) is 1. The van der Waals surface area contributed by atoms with Gasteiger partial charge in [-0.2, -0.15) is 0 Å². The number of sulfonamides is 1. The van der Waals surface area contributed by atoms with E-state index in [1.54, 1.807) is 24.3 Å². The van der Waals surface area contributed by atoms with Crippen LogP contribution in [0.2, 0.25) is 0 Å². The molecular weight excluding hydrogens is 402 g/mol. The van der Waals surface area contributed by atoms with E-state index in [1.165, 1.54) is 0 Å². The minimum atomic E-state index is -3.51. The molecule has 0 spiro atoms. The average molecular weight is 422 g/mol. The van der Waals surface area contributed by atoms with Crippen molar-refractivity contribution in [1.29, 1.82) is 0 Å². The molecule has 5 nitrogen and oxygen atoms in total. The average Bonchev–Trinajstić information content (AvgIpc) is 2.93. The van der Waals surface area contributed by atoms with Gasteiger partial charge in [0.05, 0.1) is 15.9 Å². The van der Waals surface area contributed by atoms with Crippen molar-refractivity contribution < 1.29 is 8.42 Å². The predicted octanol–water partition coefficient (Wildman–Crippen LogP) is 3.73. The molecule has 0 bridgehead atoms. The number of imidazole rings is 1. The van der Waals surface area contributed by atoms with Crippen molar-refractivity contribution in [1.82, 2.24) is 14.3 Å². The zero-order valence-corrected chi connectivity index (χ0v) is 16.3. The Balaban J connectivity index is 1.74. The molecule has 0 amide bonds. The van der Waals surface area contributed by atoms with Gasteiger partial charge in [-0.1, -0.05) is 35.0 Å². The number of halogens is 1. The van der Waals surface area contributed by atoms with Crippen LogP contribution < -0.4 is 4.72 Å². The van der Waals surface area contributed by atoms with Crippen molar-refractivity contribution in [3.8, 4) is 0 Å². The first-order valence-electron chi connectivity index (χ1n) is 8.20. The van der Waals surface area contributed by atoms with Gasteiger partial charge in [-0.25, -0.2) is 18.1 Å². The van der Waals surface area contributed by atoms with Gasteiger partial charge in [-0.15, -0.1) is 0 Å². The molecule has 3 rings (SSSR count). The van der Waals surface area contributed by atoms with Crippen LogP contribution in [-0.4, -0.2) is 24.5 Å². The lowest BCUT2D eigenvalue weighted by Crippen LogP contribution is -2.26. The number of aryl methyl sites for hydroxylation is 1. The normalized spacial score (nSPS) is 11.9. The molecule has 1 heterocycles. The monoisotopic (exact) mass is 421 g/mol. The van der Waals surface area contributed by atoms with E-state index in [2.05, 4.69) is 37.1 Å². The Morgan fingerprint density at radius 1 is 1.12 bits per heavy atom. The summed E-state index contributed by atoms with van der Waals surface area (Å²) in [6.45, 7) is 3.30. The number of hydrogen-bond acceptors (Lipinski definition) is 3. The highest BCUT2D eigenvalue weighted by molar-refractivity contribution is 9.10. The molecular formula is C18H20BrN3O2S. The molecule has 0 aliphatic rings. The van der Waals surface area contributed by atoms with E-state index in [9.17, 15) is 8.42 Å². The standard InChI is InChI=1S/C18H20BrN3O2S/c1-2-13-22-17-6-4-3-5-16(17)21-18(22)11-12-20-25(23,24)15-9-7-14(19)8-10-15/h3-10,20H,2,11-13H2,1H3. The number of nitrogens with one attached hydrogen (secondary N) is 1. The quantitative estimate of drug-likeness (QED) is 0.631. The van der Waals surface area contributed by atoms with E-state index >= 15 is 0 Å². The van der Waals surface area contributed by atoms with Crippen molar-refractivity contribution >= 4 is 37.0 Å². The second-order valence-electron chi connectivity index (χ2n) is 5.77. The van der Waals surface area contributed by atoms with Gasteiger partial charge >= 0.3 is 0 Å². The van der Waals surface area contributed by atoms with Crippen LogP contribution in [-0.2, 0) is 23.0 Å². The summed E-state index contributed by atoms with van der Waals surface area (Å²) in [5.74, 6) is 0.904. The van der Waals surface area contributed by atoms with E-state index < -0.39 is 10.0 Å². The maximum absolute atomic E-state index is 12.4. The summed E-state index contributed by atoms with van der Waals surface area (Å²) in [5.41, 5.74) is 2.04. The van der Waals surface area contributed by atoms with Crippen LogP contribution >= 0.6 is 15.9 Å². The first-order chi connectivity index (χ1) is 12.0. The molecule has 132 valence electrons. The second-order valence-corrected chi connectivity index (χ2v) is 8.45. The Kier molecular flexibility index (Phi) is 5.56. The van der Waals surface area contributed by atoms with Gasteiger partial charge in [0.1, 0.15) is 5.82 Å². The van der Waals surface area contributed by atoms with Crippen molar-refractivity contribution in [2.45, 2.75) is 31.2 Å². The van der Waals surface area contributed by atoms with Crippen LogP contribution in [0.25, 0.3) is 11.0 Å². The van der Waals surface area contributed by atoms with E-state index in [4.69, 9.17) is 0 Å². The maximum atomic E-state index is 12.4. The summed E-state index contributed by atoms with van der Waals surface area (Å²) in [7, 11) is -3.51. The minimum Gasteiger partial charge on any atom is -0.328 e. The largest absolute Gasteiger partial charge is 0.328 e. The highest BCUT2D eigenvalue weighted by Gasteiger charge is 2.15. The van der Waals surface area contributed by atoms with Gasteiger partial charge in [0, 0.05) is 24.0 Å². The highest BCUT2D eigenvalue weighted by atomic mass is 79.9. The van der Waals surface area contributed by atoms with E-state index in [1.807, 2.05) is 24.3 Å². The molecule has 0 fully saturated rings. The van der Waals surface area contributed by atoms with E-state index in [-0.39, 0.29) is 4.90 Å². The Hall–Kier alpha value is -1.70. The molecule has 0 aliphatic carbocycles. The SMILES string of the molecule is CCCn1c(CCNS(=O)(=O)c2ccc(Br)cc2)nc2ccccc21. The van der Waals surface area contributed by atoms with Crippen molar-refractivity contribution in [2.75, 3.05) is 6.54 Å². The third kappa shape index (κ3) is 4.11. The van der Waals surface area contributed by atoms with Gasteiger partial charge in [0.25, 0.3) is 0 Å². The van der Waals surface area contributed by atoms with Crippen LogP contribution in [0.3, 0.4) is 0 Å². The number of rotatable bonds is 7. The van der Waals surface area contributed by atoms with Crippen molar-refractivity contribution in [3.63, 3.8) is 0 Å². The smallest absolute Gasteiger partial charge is 0.240 e. The van der Waals surface area contributed by atoms with Crippen LogP contribution in [0.15, 0.2) is 57.9 Å². The molecule has 1 aromatic heterocycles. The zero-order valence-electron chi connectivity index (χ0n) is 13.9. The second kappa shape index (κ2) is 7.68. The van der Waals surface area contributed by atoms with Gasteiger partial charge in [0.15, 0.2) is 0 Å². The molecule has 1 N–H and O–H groups in total. The Morgan fingerprint density at radius 3 is 2.56 bits per heavy atom. The number of aromatic nitrogens is 2. The fourth-order valence-corrected chi connectivity index (χ4v) is 4.08. The first-order valence-corrected chi connectivity index (χ1v) is 10.5. The van der Waals surface area contributed by atoms with Gasteiger partial charge in [0.2, 0.25) is 10.0 Å². The summed E-state index contributed by atoms with van der Waals surface area (Å²) in [6.07, 6.45) is 1.54. The lowest BCUT2D eigenvalue weighted by Gasteiger charge is -2.09. The molecule has 0 radical (unpaired) electrons. The molecule has 3 aromatic rings. The van der Waals surface area contributed by atoms with Gasteiger partial charge < -0.3 is 4.57 Å². The van der Waals surface area contributed by atoms with E-state index in [0.29, 0.717) is 13.0 Å². The van der Waals surface area contributed by atoms with Crippen LogP contribution in [0.5, 0.6) is 0 Å². The summed E-state index contributed by atoms with van der Waals surface area (Å²) < 4.78 is 30.4. The Labute approximate surface area is 156 Å². The van der Waals surface area contributed by atoms with Gasteiger partial charge in [-0.3, -0.25) is 0 Å². The first kappa shape index (κ1) is 18.1. The summed E-state index contributed by atoms with van der Waals surface area (Å²) >= 11 is 3.31. The van der Waals surface area contributed by atoms with Crippen molar-refractivity contribution in [2.24, 2.45) is 0 Å². The molecule has 0 saturated carbocycles. The van der Waals surface area contributed by atoms with Crippen LogP contribution in [0, 0.1) is 0 Å². The molecule has 0 aliphatic heterocycles. The molecule has 7 heteroatoms. The molecule has 2 aromatic carbocycles. The molecule has 25 heavy (non-hydrogen) atoms. The Morgan fingerprint density at radius 2 is 1.84 bits per heavy atom. The zero-order chi connectivity index (χ0) is 17.9. The number of fused-ring (bicyclic) bond motifs is 1. The summed E-state index contributed by atoms with van der Waals surface area (Å²) in [5, 5.41) is 0. The lowest BCUT2D eigenvalue weighted by atomic mass is 10.3. The number of nitrogens with zero attached hydrogens (tertiary/aromatic N) is 2. The predicted molar refractivity (Wildman–Crippen MR) is 103 cm³/mol. The Bertz CT molecular complexity index is 966. The van der Waals surface area contributed by atoms with Gasteiger partial charge in [-0.05, 0) is 42.8 Å². The van der Waals surface area contributed by atoms with E-state index in [0.717, 1.165) is 34.3 Å². The minimum absolute atomic E-state index is 0.262. The number of para-hydroxylation sites is 2. The summed E-state index contributed by atoms with van der Waals surface area (Å²) in [4.78, 5) is 4.92. The fraction of sp³-hybridized carbons (Fsp3) is 0.278. The molecule has 0 unspecified atom stereocenters. The molecule has 0 atom stereocenters.